The van der Waals surface area contributed by atoms with Crippen LogP contribution in [0.15, 0.2) is 12.1 Å². The molecule has 1 aliphatic heterocycles. The Hall–Kier alpha value is -1.02. The molecular weight excluding hydrogens is 198 g/mol. The first kappa shape index (κ1) is 11.5. The Morgan fingerprint density at radius 1 is 1.31 bits per heavy atom. The molecule has 2 rings (SSSR count). The molecule has 2 nitrogen and oxygen atoms in total. The highest BCUT2D eigenvalue weighted by molar-refractivity contribution is 5.49. The molecule has 0 spiro atoms. The summed E-state index contributed by atoms with van der Waals surface area (Å²) in [6, 6.07) is 4.88. The first-order valence-electron chi connectivity index (χ1n) is 5.88. The van der Waals surface area contributed by atoms with Crippen molar-refractivity contribution in [3.05, 3.63) is 28.8 Å². The Morgan fingerprint density at radius 3 is 2.56 bits per heavy atom. The van der Waals surface area contributed by atoms with E-state index < -0.39 is 0 Å². The first-order chi connectivity index (χ1) is 7.43. The van der Waals surface area contributed by atoms with Crippen LogP contribution in [0.25, 0.3) is 0 Å². The minimum absolute atomic E-state index is 0.195. The highest BCUT2D eigenvalue weighted by Crippen LogP contribution is 2.38. The predicted octanol–water partition coefficient (Wildman–Crippen LogP) is 2.95. The van der Waals surface area contributed by atoms with E-state index in [4.69, 9.17) is 4.74 Å². The fourth-order valence-corrected chi connectivity index (χ4v) is 2.19. The summed E-state index contributed by atoms with van der Waals surface area (Å²) >= 11 is 0. The van der Waals surface area contributed by atoms with Crippen LogP contribution in [-0.4, -0.2) is 13.7 Å². The molecule has 0 bridgehead atoms. The van der Waals surface area contributed by atoms with Gasteiger partial charge in [0.25, 0.3) is 0 Å². The van der Waals surface area contributed by atoms with E-state index in [9.17, 15) is 0 Å². The quantitative estimate of drug-likeness (QED) is 0.784. The summed E-state index contributed by atoms with van der Waals surface area (Å²) in [5.74, 6) is 1.08. The van der Waals surface area contributed by atoms with Gasteiger partial charge in [-0.1, -0.05) is 26.8 Å². The van der Waals surface area contributed by atoms with Crippen molar-refractivity contribution in [3.8, 4) is 5.75 Å². The van der Waals surface area contributed by atoms with Crippen LogP contribution in [-0.2, 0) is 5.41 Å². The van der Waals surface area contributed by atoms with E-state index in [1.54, 1.807) is 0 Å². The minimum Gasteiger partial charge on any atom is -0.491 e. The summed E-state index contributed by atoms with van der Waals surface area (Å²) in [5.41, 5.74) is 4.14. The number of rotatable bonds is 1. The van der Waals surface area contributed by atoms with Crippen molar-refractivity contribution in [2.75, 3.05) is 13.7 Å². The molecule has 1 aromatic carbocycles. The number of likely N-dealkylation sites (N-methyl/N-ethyl adjacent to an activating group) is 1. The third kappa shape index (κ3) is 1.82. The topological polar surface area (TPSA) is 21.3 Å². The van der Waals surface area contributed by atoms with Crippen LogP contribution in [0.3, 0.4) is 0 Å². The Bertz CT molecular complexity index is 404. The molecule has 0 aromatic heterocycles. The highest BCUT2D eigenvalue weighted by Gasteiger charge is 2.27. The molecule has 1 aliphatic rings. The van der Waals surface area contributed by atoms with E-state index >= 15 is 0 Å². The maximum atomic E-state index is 5.74. The molecule has 0 fully saturated rings. The summed E-state index contributed by atoms with van der Waals surface area (Å²) in [4.78, 5) is 0. The van der Waals surface area contributed by atoms with Crippen molar-refractivity contribution in [2.45, 2.75) is 39.2 Å². The van der Waals surface area contributed by atoms with Crippen LogP contribution >= 0.6 is 0 Å². The molecule has 0 aliphatic carbocycles. The second kappa shape index (κ2) is 3.77. The average molecular weight is 219 g/mol. The fourth-order valence-electron chi connectivity index (χ4n) is 2.19. The molecule has 1 atom stereocenters. The van der Waals surface area contributed by atoms with Gasteiger partial charge in [-0.2, -0.15) is 0 Å². The average Bonchev–Trinajstić information content (AvgIpc) is 2.59. The van der Waals surface area contributed by atoms with E-state index in [0.717, 1.165) is 12.4 Å². The zero-order valence-corrected chi connectivity index (χ0v) is 10.8. The largest absolute Gasteiger partial charge is 0.491 e. The van der Waals surface area contributed by atoms with Crippen molar-refractivity contribution < 1.29 is 4.74 Å². The van der Waals surface area contributed by atoms with Gasteiger partial charge in [0.15, 0.2) is 0 Å². The predicted molar refractivity (Wildman–Crippen MR) is 67.2 cm³/mol. The van der Waals surface area contributed by atoms with E-state index in [1.807, 2.05) is 7.05 Å². The van der Waals surface area contributed by atoms with Gasteiger partial charge in [-0.05, 0) is 36.6 Å². The maximum Gasteiger partial charge on any atom is 0.127 e. The van der Waals surface area contributed by atoms with Crippen molar-refractivity contribution in [2.24, 2.45) is 0 Å². The molecule has 16 heavy (non-hydrogen) atoms. The van der Waals surface area contributed by atoms with Crippen LogP contribution in [0.2, 0.25) is 0 Å². The fraction of sp³-hybridized carbons (Fsp3) is 0.571. The second-order valence-corrected chi connectivity index (χ2v) is 5.61. The Balaban J connectivity index is 2.52. The molecule has 88 valence electrons. The molecule has 1 aromatic rings. The third-order valence-electron chi connectivity index (χ3n) is 3.29. The molecule has 0 amide bonds. The molecule has 1 unspecified atom stereocenters. The monoisotopic (exact) mass is 219 g/mol. The van der Waals surface area contributed by atoms with Crippen LogP contribution in [0.5, 0.6) is 5.75 Å². The molecule has 0 radical (unpaired) electrons. The number of hydrogen-bond donors (Lipinski definition) is 1. The van der Waals surface area contributed by atoms with Gasteiger partial charge in [0.05, 0.1) is 6.04 Å². The van der Waals surface area contributed by atoms with Crippen molar-refractivity contribution in [3.63, 3.8) is 0 Å². The van der Waals surface area contributed by atoms with Gasteiger partial charge in [-0.15, -0.1) is 0 Å². The number of nitrogens with one attached hydrogen (secondary N) is 1. The Labute approximate surface area is 98.0 Å². The highest BCUT2D eigenvalue weighted by atomic mass is 16.5. The zero-order valence-electron chi connectivity index (χ0n) is 10.8. The summed E-state index contributed by atoms with van der Waals surface area (Å²) in [5, 5.41) is 3.30. The van der Waals surface area contributed by atoms with Crippen molar-refractivity contribution in [1.29, 1.82) is 0 Å². The maximum absolute atomic E-state index is 5.74. The SMILES string of the molecule is CNC1COc2c(C)cc(C(C)(C)C)cc21. The first-order valence-corrected chi connectivity index (χ1v) is 5.88. The third-order valence-corrected chi connectivity index (χ3v) is 3.29. The van der Waals surface area contributed by atoms with Gasteiger partial charge in [0.2, 0.25) is 0 Å². The van der Waals surface area contributed by atoms with Crippen molar-refractivity contribution in [1.82, 2.24) is 5.32 Å². The molecule has 1 heterocycles. The molecular formula is C14H21NO. The van der Waals surface area contributed by atoms with Crippen molar-refractivity contribution >= 4 is 0 Å². The number of fused-ring (bicyclic) bond motifs is 1. The van der Waals surface area contributed by atoms with Gasteiger partial charge in [0.1, 0.15) is 12.4 Å². The molecule has 2 heteroatoms. The van der Waals surface area contributed by atoms with E-state index in [0.29, 0.717) is 6.04 Å². The minimum atomic E-state index is 0.195. The summed E-state index contributed by atoms with van der Waals surface area (Å²) in [7, 11) is 1.99. The van der Waals surface area contributed by atoms with E-state index in [-0.39, 0.29) is 5.41 Å². The lowest BCUT2D eigenvalue weighted by molar-refractivity contribution is 0.316. The van der Waals surface area contributed by atoms with Gasteiger partial charge < -0.3 is 10.1 Å². The molecule has 0 saturated heterocycles. The van der Waals surface area contributed by atoms with Crippen LogP contribution in [0.4, 0.5) is 0 Å². The number of aryl methyl sites for hydroxylation is 1. The van der Waals surface area contributed by atoms with E-state index in [2.05, 4.69) is 45.1 Å². The lowest BCUT2D eigenvalue weighted by atomic mass is 9.84. The zero-order chi connectivity index (χ0) is 11.9. The summed E-state index contributed by atoms with van der Waals surface area (Å²) < 4.78 is 5.74. The van der Waals surface area contributed by atoms with Crippen LogP contribution in [0.1, 0.15) is 43.5 Å². The van der Waals surface area contributed by atoms with Crippen LogP contribution in [0, 0.1) is 6.92 Å². The summed E-state index contributed by atoms with van der Waals surface area (Å²) in [6.45, 7) is 9.63. The Morgan fingerprint density at radius 2 is 2.00 bits per heavy atom. The number of benzene rings is 1. The summed E-state index contributed by atoms with van der Waals surface area (Å²) in [6.07, 6.45) is 0. The van der Waals surface area contributed by atoms with Gasteiger partial charge >= 0.3 is 0 Å². The number of hydrogen-bond acceptors (Lipinski definition) is 2. The standard InChI is InChI=1S/C14H21NO/c1-9-6-10(14(2,3)4)7-11-12(15-5)8-16-13(9)11/h6-7,12,15H,8H2,1-5H3. The van der Waals surface area contributed by atoms with Gasteiger partial charge in [-0.3, -0.25) is 0 Å². The van der Waals surface area contributed by atoms with Gasteiger partial charge in [0, 0.05) is 5.56 Å². The van der Waals surface area contributed by atoms with E-state index in [1.165, 1.54) is 16.7 Å². The smallest absolute Gasteiger partial charge is 0.127 e. The molecule has 0 saturated carbocycles. The second-order valence-electron chi connectivity index (χ2n) is 5.61. The normalized spacial score (nSPS) is 19.4. The van der Waals surface area contributed by atoms with Crippen LogP contribution < -0.4 is 10.1 Å². The number of ether oxygens (including phenoxy) is 1. The lowest BCUT2D eigenvalue weighted by Crippen LogP contribution is -2.18. The molecule has 1 N–H and O–H groups in total. The lowest BCUT2D eigenvalue weighted by Gasteiger charge is -2.21. The Kier molecular flexibility index (Phi) is 2.70. The van der Waals surface area contributed by atoms with Gasteiger partial charge in [-0.25, -0.2) is 0 Å².